The van der Waals surface area contributed by atoms with Gasteiger partial charge in [0.05, 0.1) is 6.10 Å². The van der Waals surface area contributed by atoms with Gasteiger partial charge in [-0.1, -0.05) is 42.5 Å². The molecule has 2 aromatic rings. The standard InChI is InChI=1S/C17H17NO2/c1-12(19)11-17(13-7-3-2-4-8-13)16(20)14-9-5-6-10-15(14)18-17/h2-10,12,18-19H,11H2,1H3/t12-,17-/m0/s1. The number of hydrogen-bond acceptors (Lipinski definition) is 3. The van der Waals surface area contributed by atoms with Crippen molar-refractivity contribution in [1.82, 2.24) is 0 Å². The Morgan fingerprint density at radius 3 is 2.40 bits per heavy atom. The van der Waals surface area contributed by atoms with Crippen LogP contribution in [0.15, 0.2) is 54.6 Å². The Hall–Kier alpha value is -2.13. The molecule has 0 bridgehead atoms. The number of carbonyl (C=O) groups is 1. The first-order valence-electron chi connectivity index (χ1n) is 6.79. The molecule has 1 aliphatic rings. The van der Waals surface area contributed by atoms with E-state index in [1.165, 1.54) is 0 Å². The van der Waals surface area contributed by atoms with E-state index in [4.69, 9.17) is 0 Å². The van der Waals surface area contributed by atoms with Crippen molar-refractivity contribution in [3.63, 3.8) is 0 Å². The predicted octanol–water partition coefficient (Wildman–Crippen LogP) is 2.96. The molecular formula is C17H17NO2. The highest BCUT2D eigenvalue weighted by atomic mass is 16.3. The fourth-order valence-corrected chi connectivity index (χ4v) is 2.94. The molecular weight excluding hydrogens is 250 g/mol. The number of benzene rings is 2. The van der Waals surface area contributed by atoms with E-state index < -0.39 is 11.6 Å². The van der Waals surface area contributed by atoms with E-state index in [0.29, 0.717) is 12.0 Å². The predicted molar refractivity (Wildman–Crippen MR) is 78.8 cm³/mol. The number of para-hydroxylation sites is 1. The van der Waals surface area contributed by atoms with Gasteiger partial charge in [-0.15, -0.1) is 0 Å². The van der Waals surface area contributed by atoms with Crippen LogP contribution in [-0.2, 0) is 5.54 Å². The van der Waals surface area contributed by atoms with Gasteiger partial charge < -0.3 is 10.4 Å². The summed E-state index contributed by atoms with van der Waals surface area (Å²) < 4.78 is 0. The highest BCUT2D eigenvalue weighted by Gasteiger charge is 2.46. The topological polar surface area (TPSA) is 49.3 Å². The van der Waals surface area contributed by atoms with Crippen LogP contribution in [0.4, 0.5) is 5.69 Å². The second-order valence-corrected chi connectivity index (χ2v) is 5.32. The summed E-state index contributed by atoms with van der Waals surface area (Å²) in [5, 5.41) is 13.2. The van der Waals surface area contributed by atoms with Crippen LogP contribution >= 0.6 is 0 Å². The molecule has 0 saturated carbocycles. The van der Waals surface area contributed by atoms with Crippen LogP contribution in [0.5, 0.6) is 0 Å². The molecule has 0 aromatic heterocycles. The monoisotopic (exact) mass is 267 g/mol. The van der Waals surface area contributed by atoms with Gasteiger partial charge in [-0.05, 0) is 24.6 Å². The summed E-state index contributed by atoms with van der Waals surface area (Å²) in [6, 6.07) is 17.1. The third-order valence-corrected chi connectivity index (χ3v) is 3.78. The molecule has 0 aliphatic carbocycles. The number of hydrogen-bond donors (Lipinski definition) is 2. The number of ketones is 1. The average molecular weight is 267 g/mol. The smallest absolute Gasteiger partial charge is 0.194 e. The van der Waals surface area contributed by atoms with Gasteiger partial charge in [0.1, 0.15) is 5.54 Å². The van der Waals surface area contributed by atoms with Gasteiger partial charge in [-0.25, -0.2) is 0 Å². The Labute approximate surface area is 118 Å². The molecule has 1 heterocycles. The number of Topliss-reactive ketones (excluding diaryl/α,β-unsaturated/α-hetero) is 1. The van der Waals surface area contributed by atoms with E-state index in [1.54, 1.807) is 6.92 Å². The second kappa shape index (κ2) is 4.76. The van der Waals surface area contributed by atoms with Crippen LogP contribution in [0, 0.1) is 0 Å². The summed E-state index contributed by atoms with van der Waals surface area (Å²) in [4.78, 5) is 12.9. The molecule has 0 amide bonds. The molecule has 20 heavy (non-hydrogen) atoms. The highest BCUT2D eigenvalue weighted by Crippen LogP contribution is 2.42. The van der Waals surface area contributed by atoms with Crippen LogP contribution in [-0.4, -0.2) is 17.0 Å². The lowest BCUT2D eigenvalue weighted by atomic mass is 9.81. The summed E-state index contributed by atoms with van der Waals surface area (Å²) in [6.45, 7) is 1.71. The quantitative estimate of drug-likeness (QED) is 0.899. The van der Waals surface area contributed by atoms with Crippen molar-refractivity contribution in [2.75, 3.05) is 5.32 Å². The van der Waals surface area contributed by atoms with E-state index in [0.717, 1.165) is 11.3 Å². The Bertz CT molecular complexity index is 636. The number of aliphatic hydroxyl groups excluding tert-OH is 1. The normalized spacial score (nSPS) is 22.2. The minimum absolute atomic E-state index is 0.0280. The fraction of sp³-hybridized carbons (Fsp3) is 0.235. The Morgan fingerprint density at radius 2 is 1.75 bits per heavy atom. The van der Waals surface area contributed by atoms with E-state index in [1.807, 2.05) is 54.6 Å². The zero-order valence-corrected chi connectivity index (χ0v) is 11.3. The molecule has 0 spiro atoms. The Morgan fingerprint density at radius 1 is 1.10 bits per heavy atom. The number of nitrogens with one attached hydrogen (secondary N) is 1. The molecule has 2 aromatic carbocycles. The summed E-state index contributed by atoms with van der Waals surface area (Å²) in [5.74, 6) is 0.0280. The minimum Gasteiger partial charge on any atom is -0.393 e. The maximum Gasteiger partial charge on any atom is 0.194 e. The van der Waals surface area contributed by atoms with Gasteiger partial charge in [0.25, 0.3) is 0 Å². The third-order valence-electron chi connectivity index (χ3n) is 3.78. The van der Waals surface area contributed by atoms with Gasteiger partial charge >= 0.3 is 0 Å². The molecule has 102 valence electrons. The van der Waals surface area contributed by atoms with Gasteiger partial charge in [-0.2, -0.15) is 0 Å². The summed E-state index contributed by atoms with van der Waals surface area (Å²) in [5.41, 5.74) is 1.56. The van der Waals surface area contributed by atoms with Crippen LogP contribution in [0.25, 0.3) is 0 Å². The molecule has 0 saturated heterocycles. The number of fused-ring (bicyclic) bond motifs is 1. The lowest BCUT2D eigenvalue weighted by molar-refractivity contribution is 0.0842. The van der Waals surface area contributed by atoms with Crippen molar-refractivity contribution >= 4 is 11.5 Å². The highest BCUT2D eigenvalue weighted by molar-refractivity contribution is 6.13. The van der Waals surface area contributed by atoms with E-state index >= 15 is 0 Å². The van der Waals surface area contributed by atoms with Gasteiger partial charge in [0.15, 0.2) is 5.78 Å². The first-order chi connectivity index (χ1) is 9.63. The van der Waals surface area contributed by atoms with Crippen LogP contribution in [0.1, 0.15) is 29.3 Å². The fourth-order valence-electron chi connectivity index (χ4n) is 2.94. The number of anilines is 1. The molecule has 3 heteroatoms. The molecule has 2 N–H and O–H groups in total. The van der Waals surface area contributed by atoms with Gasteiger partial charge in [0, 0.05) is 17.7 Å². The van der Waals surface area contributed by atoms with Crippen molar-refractivity contribution in [2.24, 2.45) is 0 Å². The van der Waals surface area contributed by atoms with Crippen molar-refractivity contribution in [1.29, 1.82) is 0 Å². The largest absolute Gasteiger partial charge is 0.393 e. The number of rotatable bonds is 3. The summed E-state index contributed by atoms with van der Waals surface area (Å²) >= 11 is 0. The maximum absolute atomic E-state index is 12.9. The molecule has 3 nitrogen and oxygen atoms in total. The van der Waals surface area contributed by atoms with E-state index in [-0.39, 0.29) is 5.78 Å². The molecule has 1 aliphatic heterocycles. The SMILES string of the molecule is C[C@H](O)C[C@@]1(c2ccccc2)Nc2ccccc2C1=O. The zero-order valence-electron chi connectivity index (χ0n) is 11.3. The molecule has 0 fully saturated rings. The number of aliphatic hydroxyl groups is 1. The molecule has 0 unspecified atom stereocenters. The first kappa shape index (κ1) is 12.9. The van der Waals surface area contributed by atoms with E-state index in [9.17, 15) is 9.90 Å². The van der Waals surface area contributed by atoms with E-state index in [2.05, 4.69) is 5.32 Å². The van der Waals surface area contributed by atoms with Crippen LogP contribution in [0.3, 0.4) is 0 Å². The van der Waals surface area contributed by atoms with Crippen molar-refractivity contribution < 1.29 is 9.90 Å². The second-order valence-electron chi connectivity index (χ2n) is 5.32. The zero-order chi connectivity index (χ0) is 14.2. The van der Waals surface area contributed by atoms with Crippen LogP contribution in [0.2, 0.25) is 0 Å². The van der Waals surface area contributed by atoms with Crippen molar-refractivity contribution in [3.05, 3.63) is 65.7 Å². The lowest BCUT2D eigenvalue weighted by Crippen LogP contribution is -2.41. The Balaban J connectivity index is 2.13. The van der Waals surface area contributed by atoms with Crippen molar-refractivity contribution in [3.8, 4) is 0 Å². The minimum atomic E-state index is -0.862. The third kappa shape index (κ3) is 1.91. The molecule has 0 radical (unpaired) electrons. The van der Waals surface area contributed by atoms with Crippen molar-refractivity contribution in [2.45, 2.75) is 25.0 Å². The molecule has 3 rings (SSSR count). The first-order valence-corrected chi connectivity index (χ1v) is 6.79. The van der Waals surface area contributed by atoms with Crippen LogP contribution < -0.4 is 5.32 Å². The summed E-state index contributed by atoms with van der Waals surface area (Å²) in [7, 11) is 0. The summed E-state index contributed by atoms with van der Waals surface area (Å²) in [6.07, 6.45) is -0.217. The van der Waals surface area contributed by atoms with Gasteiger partial charge in [0.2, 0.25) is 0 Å². The lowest BCUT2D eigenvalue weighted by Gasteiger charge is -2.30. The maximum atomic E-state index is 12.9. The average Bonchev–Trinajstić information content (AvgIpc) is 2.74. The Kier molecular flexibility index (Phi) is 3.07. The molecule has 2 atom stereocenters. The number of carbonyl (C=O) groups excluding carboxylic acids is 1. The van der Waals surface area contributed by atoms with Gasteiger partial charge in [-0.3, -0.25) is 4.79 Å².